The molecule has 0 bridgehead atoms. The third-order valence-electron chi connectivity index (χ3n) is 4.16. The summed E-state index contributed by atoms with van der Waals surface area (Å²) < 4.78 is 0. The molecular formula is C17H28N6O9S. The highest BCUT2D eigenvalue weighted by Gasteiger charge is 2.31. The summed E-state index contributed by atoms with van der Waals surface area (Å²) in [6, 6.07) is -5.85. The number of carbonyl (C=O) groups excluding carboxylic acids is 5. The molecule has 4 unspecified atom stereocenters. The molecule has 0 rings (SSSR count). The number of carboxylic acid groups (broad SMARTS) is 2. The third kappa shape index (κ3) is 12.3. The van der Waals surface area contributed by atoms with Crippen LogP contribution >= 0.6 is 12.6 Å². The summed E-state index contributed by atoms with van der Waals surface area (Å²) >= 11 is 3.77. The van der Waals surface area contributed by atoms with Gasteiger partial charge in [-0.3, -0.25) is 28.8 Å². The molecule has 0 radical (unpaired) electrons. The first-order valence-corrected chi connectivity index (χ1v) is 10.2. The highest BCUT2D eigenvalue weighted by molar-refractivity contribution is 7.80. The van der Waals surface area contributed by atoms with Crippen molar-refractivity contribution >= 4 is 54.1 Å². The van der Waals surface area contributed by atoms with Gasteiger partial charge in [-0.2, -0.15) is 12.6 Å². The average Bonchev–Trinajstić information content (AvgIpc) is 2.71. The average molecular weight is 493 g/mol. The lowest BCUT2D eigenvalue weighted by molar-refractivity contribution is -0.143. The second-order valence-corrected chi connectivity index (χ2v) is 7.28. The molecule has 0 saturated heterocycles. The van der Waals surface area contributed by atoms with E-state index < -0.39 is 72.1 Å². The standard InChI is InChI=1S/C17H28N6O9S/c18-7(1-3-11(19)24)14(28)21-8(2-4-12(20)25)15(29)22-9(5-13(26)27)16(30)23-10(6-33)17(31)32/h7-10,33H,1-6,18H2,(H2,19,24)(H2,20,25)(H,21,28)(H,22,29)(H,23,30)(H,26,27)(H,31,32). The van der Waals surface area contributed by atoms with Crippen molar-refractivity contribution in [2.24, 2.45) is 17.2 Å². The number of primary amides is 2. The third-order valence-corrected chi connectivity index (χ3v) is 4.52. The van der Waals surface area contributed by atoms with Crippen molar-refractivity contribution in [3.05, 3.63) is 0 Å². The number of carbonyl (C=O) groups is 7. The Hall–Kier alpha value is -3.40. The van der Waals surface area contributed by atoms with Gasteiger partial charge in [0.1, 0.15) is 18.1 Å². The quantitative estimate of drug-likeness (QED) is 0.0936. The van der Waals surface area contributed by atoms with Crippen molar-refractivity contribution in [1.29, 1.82) is 0 Å². The number of carboxylic acids is 2. The number of thiol groups is 1. The summed E-state index contributed by atoms with van der Waals surface area (Å²) in [5.41, 5.74) is 15.7. The maximum absolute atomic E-state index is 12.7. The predicted octanol–water partition coefficient (Wildman–Crippen LogP) is -4.21. The van der Waals surface area contributed by atoms with Gasteiger partial charge in [0.15, 0.2) is 0 Å². The Balaban J connectivity index is 5.48. The van der Waals surface area contributed by atoms with Crippen LogP contribution in [0.25, 0.3) is 0 Å². The van der Waals surface area contributed by atoms with E-state index in [2.05, 4.69) is 23.3 Å². The van der Waals surface area contributed by atoms with E-state index in [1.54, 1.807) is 0 Å². The van der Waals surface area contributed by atoms with Gasteiger partial charge in [-0.05, 0) is 12.8 Å². The second kappa shape index (κ2) is 14.6. The topological polar surface area (TPSA) is 274 Å². The Morgan fingerprint density at radius 2 is 1.18 bits per heavy atom. The van der Waals surface area contributed by atoms with E-state index in [4.69, 9.17) is 27.4 Å². The fourth-order valence-electron chi connectivity index (χ4n) is 2.38. The minimum Gasteiger partial charge on any atom is -0.481 e. The Morgan fingerprint density at radius 1 is 0.727 bits per heavy atom. The zero-order chi connectivity index (χ0) is 25.7. The molecule has 0 saturated carbocycles. The van der Waals surface area contributed by atoms with E-state index in [9.17, 15) is 33.6 Å². The maximum Gasteiger partial charge on any atom is 0.327 e. The van der Waals surface area contributed by atoms with Crippen LogP contribution in [0, 0.1) is 0 Å². The summed E-state index contributed by atoms with van der Waals surface area (Å²) in [6.07, 6.45) is -1.92. The number of nitrogens with one attached hydrogen (secondary N) is 3. The Labute approximate surface area is 193 Å². The summed E-state index contributed by atoms with van der Waals surface area (Å²) in [6.45, 7) is 0. The van der Waals surface area contributed by atoms with Crippen LogP contribution in [0.1, 0.15) is 32.1 Å². The summed E-state index contributed by atoms with van der Waals surface area (Å²) in [5.74, 6) is -7.79. The molecule has 0 aliphatic rings. The van der Waals surface area contributed by atoms with Crippen molar-refractivity contribution in [2.75, 3.05) is 5.75 Å². The number of amides is 5. The molecule has 33 heavy (non-hydrogen) atoms. The molecule has 0 aromatic rings. The molecule has 0 heterocycles. The van der Waals surface area contributed by atoms with Crippen LogP contribution in [0.3, 0.4) is 0 Å². The highest BCUT2D eigenvalue weighted by atomic mass is 32.1. The van der Waals surface area contributed by atoms with E-state index in [0.29, 0.717) is 0 Å². The minimum absolute atomic E-state index is 0.129. The Morgan fingerprint density at radius 3 is 1.64 bits per heavy atom. The zero-order valence-electron chi connectivity index (χ0n) is 17.5. The van der Waals surface area contributed by atoms with Crippen LogP contribution < -0.4 is 33.2 Å². The van der Waals surface area contributed by atoms with Crippen LogP contribution in [0.15, 0.2) is 0 Å². The largest absolute Gasteiger partial charge is 0.481 e. The molecular weight excluding hydrogens is 464 g/mol. The van der Waals surface area contributed by atoms with Crippen LogP contribution in [-0.4, -0.2) is 81.6 Å². The van der Waals surface area contributed by atoms with Crippen LogP contribution in [0.2, 0.25) is 0 Å². The highest BCUT2D eigenvalue weighted by Crippen LogP contribution is 2.04. The van der Waals surface area contributed by atoms with E-state index in [1.165, 1.54) is 0 Å². The molecule has 15 nitrogen and oxygen atoms in total. The summed E-state index contributed by atoms with van der Waals surface area (Å²) in [4.78, 5) is 81.4. The first-order valence-electron chi connectivity index (χ1n) is 9.57. The van der Waals surface area contributed by atoms with Crippen molar-refractivity contribution in [3.63, 3.8) is 0 Å². The molecule has 0 aliphatic carbocycles. The fourth-order valence-corrected chi connectivity index (χ4v) is 2.62. The SMILES string of the molecule is NC(=O)CCC(N)C(=O)NC(CCC(N)=O)C(=O)NC(CC(=O)O)C(=O)NC(CS)C(=O)O. The molecule has 11 N–H and O–H groups in total. The monoisotopic (exact) mass is 492 g/mol. The minimum atomic E-state index is -1.71. The molecule has 0 spiro atoms. The lowest BCUT2D eigenvalue weighted by Crippen LogP contribution is -2.57. The number of nitrogens with two attached hydrogens (primary N) is 3. The van der Waals surface area contributed by atoms with Crippen LogP contribution in [0.5, 0.6) is 0 Å². The van der Waals surface area contributed by atoms with E-state index >= 15 is 0 Å². The predicted molar refractivity (Wildman–Crippen MR) is 114 cm³/mol. The van der Waals surface area contributed by atoms with E-state index in [0.717, 1.165) is 0 Å². The zero-order valence-corrected chi connectivity index (χ0v) is 18.4. The van der Waals surface area contributed by atoms with Gasteiger partial charge >= 0.3 is 11.9 Å². The number of hydrogen-bond donors (Lipinski definition) is 9. The first kappa shape index (κ1) is 29.6. The summed E-state index contributed by atoms with van der Waals surface area (Å²) in [7, 11) is 0. The normalized spacial score (nSPS) is 14.1. The van der Waals surface area contributed by atoms with Crippen molar-refractivity contribution in [1.82, 2.24) is 16.0 Å². The second-order valence-electron chi connectivity index (χ2n) is 6.92. The van der Waals surface area contributed by atoms with Gasteiger partial charge in [0.05, 0.1) is 12.5 Å². The lowest BCUT2D eigenvalue weighted by atomic mass is 10.1. The maximum atomic E-state index is 12.7. The van der Waals surface area contributed by atoms with E-state index in [-0.39, 0.29) is 31.4 Å². The molecule has 5 amide bonds. The Kier molecular flexibility index (Phi) is 13.1. The van der Waals surface area contributed by atoms with Crippen LogP contribution in [0.4, 0.5) is 0 Å². The molecule has 0 aliphatic heterocycles. The van der Waals surface area contributed by atoms with Gasteiger partial charge < -0.3 is 43.4 Å². The first-order chi connectivity index (χ1) is 15.3. The molecule has 4 atom stereocenters. The van der Waals surface area contributed by atoms with Gasteiger partial charge in [0, 0.05) is 18.6 Å². The number of rotatable bonds is 16. The number of aliphatic carboxylic acids is 2. The lowest BCUT2D eigenvalue weighted by Gasteiger charge is -2.24. The molecule has 186 valence electrons. The van der Waals surface area contributed by atoms with Gasteiger partial charge in [0.25, 0.3) is 0 Å². The van der Waals surface area contributed by atoms with Crippen molar-refractivity contribution in [2.45, 2.75) is 56.3 Å². The fraction of sp³-hybridized carbons (Fsp3) is 0.588. The van der Waals surface area contributed by atoms with Gasteiger partial charge in [-0.25, -0.2) is 4.79 Å². The van der Waals surface area contributed by atoms with Crippen molar-refractivity contribution < 1.29 is 43.8 Å². The summed E-state index contributed by atoms with van der Waals surface area (Å²) in [5, 5.41) is 24.4. The van der Waals surface area contributed by atoms with Gasteiger partial charge in [-0.15, -0.1) is 0 Å². The molecule has 0 aromatic carbocycles. The number of hydrogen-bond acceptors (Lipinski definition) is 9. The van der Waals surface area contributed by atoms with Crippen LogP contribution in [-0.2, 0) is 33.6 Å². The van der Waals surface area contributed by atoms with E-state index in [1.807, 2.05) is 5.32 Å². The van der Waals surface area contributed by atoms with Crippen molar-refractivity contribution in [3.8, 4) is 0 Å². The van der Waals surface area contributed by atoms with Gasteiger partial charge in [0.2, 0.25) is 29.5 Å². The Bertz CT molecular complexity index is 778. The smallest absolute Gasteiger partial charge is 0.327 e. The molecule has 0 fully saturated rings. The molecule has 16 heteroatoms. The van der Waals surface area contributed by atoms with Gasteiger partial charge in [-0.1, -0.05) is 0 Å². The molecule has 0 aromatic heterocycles.